The molecule has 0 amide bonds. The minimum absolute atomic E-state index is 0.435. The second-order valence-electron chi connectivity index (χ2n) is 3.67. The second kappa shape index (κ2) is 6.35. The van der Waals surface area contributed by atoms with Crippen molar-refractivity contribution >= 4 is 0 Å². The molecule has 1 aliphatic rings. The molecule has 13 heavy (non-hydrogen) atoms. The highest BCUT2D eigenvalue weighted by Gasteiger charge is 2.25. The maximum absolute atomic E-state index is 5.67. The molecule has 1 fully saturated rings. The highest BCUT2D eigenvalue weighted by molar-refractivity contribution is 4.77. The number of nitrogens with two attached hydrogens (primary N) is 1. The molecule has 2 atom stereocenters. The summed E-state index contributed by atoms with van der Waals surface area (Å²) in [5, 5.41) is 0. The molecule has 1 aliphatic carbocycles. The third kappa shape index (κ3) is 3.63. The number of hydrogen-bond donors (Lipinski definition) is 1. The summed E-state index contributed by atoms with van der Waals surface area (Å²) in [5.74, 6) is 1.35. The molecule has 1 saturated carbocycles. The molecule has 0 radical (unpaired) electrons. The lowest BCUT2D eigenvalue weighted by molar-refractivity contribution is -0.0634. The van der Waals surface area contributed by atoms with Gasteiger partial charge in [-0.25, -0.2) is 0 Å². The quantitative estimate of drug-likeness (QED) is 0.504. The van der Waals surface area contributed by atoms with E-state index in [9.17, 15) is 0 Å². The van der Waals surface area contributed by atoms with Crippen LogP contribution < -0.4 is 5.73 Å². The van der Waals surface area contributed by atoms with Crippen LogP contribution in [0.1, 0.15) is 26.2 Å². The summed E-state index contributed by atoms with van der Waals surface area (Å²) in [6.07, 6.45) is 3.86. The van der Waals surface area contributed by atoms with Crippen LogP contribution in [0.5, 0.6) is 0 Å². The Morgan fingerprint density at radius 1 is 1.23 bits per heavy atom. The molecule has 78 valence electrons. The van der Waals surface area contributed by atoms with Crippen LogP contribution in [0, 0.1) is 11.8 Å². The highest BCUT2D eigenvalue weighted by Crippen LogP contribution is 2.30. The molecule has 2 N–H and O–H groups in total. The summed E-state index contributed by atoms with van der Waals surface area (Å²) in [4.78, 5) is 0. The molecule has 0 heterocycles. The van der Waals surface area contributed by atoms with Crippen LogP contribution in [-0.2, 0) is 9.47 Å². The fourth-order valence-corrected chi connectivity index (χ4v) is 1.99. The van der Waals surface area contributed by atoms with Crippen molar-refractivity contribution in [3.8, 4) is 0 Å². The zero-order valence-electron chi connectivity index (χ0n) is 8.50. The summed E-state index contributed by atoms with van der Waals surface area (Å²) in [6.45, 7) is 4.77. The van der Waals surface area contributed by atoms with Crippen LogP contribution in [0.15, 0.2) is 0 Å². The summed E-state index contributed by atoms with van der Waals surface area (Å²) in [7, 11) is 0. The van der Waals surface area contributed by atoms with E-state index >= 15 is 0 Å². The summed E-state index contributed by atoms with van der Waals surface area (Å²) < 4.78 is 10.5. The van der Waals surface area contributed by atoms with E-state index in [0.29, 0.717) is 18.6 Å². The van der Waals surface area contributed by atoms with Crippen LogP contribution in [0.3, 0.4) is 0 Å². The Labute approximate surface area is 80.6 Å². The third-order valence-corrected chi connectivity index (χ3v) is 2.82. The molecule has 1 rings (SSSR count). The van der Waals surface area contributed by atoms with Gasteiger partial charge in [0.1, 0.15) is 6.79 Å². The Hall–Kier alpha value is -0.120. The van der Waals surface area contributed by atoms with E-state index in [-0.39, 0.29) is 0 Å². The van der Waals surface area contributed by atoms with Gasteiger partial charge in [-0.2, -0.15) is 0 Å². The summed E-state index contributed by atoms with van der Waals surface area (Å²) in [6, 6.07) is 0. The van der Waals surface area contributed by atoms with Crippen LogP contribution >= 0.6 is 0 Å². The first kappa shape index (κ1) is 11.0. The van der Waals surface area contributed by atoms with Crippen LogP contribution in [0.4, 0.5) is 0 Å². The van der Waals surface area contributed by atoms with Gasteiger partial charge >= 0.3 is 0 Å². The number of hydrogen-bond acceptors (Lipinski definition) is 3. The Kier molecular flexibility index (Phi) is 5.35. The van der Waals surface area contributed by atoms with E-state index in [4.69, 9.17) is 15.2 Å². The summed E-state index contributed by atoms with van der Waals surface area (Å²) in [5.41, 5.74) is 5.67. The average Bonchev–Trinajstić information content (AvgIpc) is 2.60. The normalized spacial score (nSPS) is 28.2. The van der Waals surface area contributed by atoms with E-state index < -0.39 is 0 Å². The van der Waals surface area contributed by atoms with Crippen molar-refractivity contribution < 1.29 is 9.47 Å². The van der Waals surface area contributed by atoms with E-state index in [1.54, 1.807) is 0 Å². The topological polar surface area (TPSA) is 44.5 Å². The van der Waals surface area contributed by atoms with Gasteiger partial charge in [-0.05, 0) is 38.1 Å². The first-order valence-electron chi connectivity index (χ1n) is 5.24. The van der Waals surface area contributed by atoms with Crippen molar-refractivity contribution in [2.45, 2.75) is 26.2 Å². The van der Waals surface area contributed by atoms with Crippen molar-refractivity contribution in [1.29, 1.82) is 0 Å². The lowest BCUT2D eigenvalue weighted by atomic mass is 9.97. The molecular formula is C10H21NO2. The fraction of sp³-hybridized carbons (Fsp3) is 1.00. The van der Waals surface area contributed by atoms with E-state index in [1.165, 1.54) is 19.3 Å². The van der Waals surface area contributed by atoms with Gasteiger partial charge in [0.2, 0.25) is 0 Å². The minimum atomic E-state index is 0.435. The molecule has 0 spiro atoms. The van der Waals surface area contributed by atoms with Crippen LogP contribution in [0.2, 0.25) is 0 Å². The van der Waals surface area contributed by atoms with Gasteiger partial charge in [-0.15, -0.1) is 0 Å². The first-order chi connectivity index (χ1) is 6.38. The second-order valence-corrected chi connectivity index (χ2v) is 3.67. The molecule has 3 nitrogen and oxygen atoms in total. The van der Waals surface area contributed by atoms with E-state index in [0.717, 1.165) is 19.8 Å². The van der Waals surface area contributed by atoms with Crippen molar-refractivity contribution in [3.63, 3.8) is 0 Å². The largest absolute Gasteiger partial charge is 0.356 e. The van der Waals surface area contributed by atoms with Gasteiger partial charge in [0.25, 0.3) is 0 Å². The van der Waals surface area contributed by atoms with Crippen LogP contribution in [0.25, 0.3) is 0 Å². The Balaban J connectivity index is 2.06. The third-order valence-electron chi connectivity index (χ3n) is 2.82. The van der Waals surface area contributed by atoms with Gasteiger partial charge in [0.05, 0.1) is 6.61 Å². The summed E-state index contributed by atoms with van der Waals surface area (Å²) >= 11 is 0. The molecule has 0 bridgehead atoms. The lowest BCUT2D eigenvalue weighted by Crippen LogP contribution is -2.22. The Morgan fingerprint density at radius 3 is 2.69 bits per heavy atom. The van der Waals surface area contributed by atoms with Gasteiger partial charge in [-0.1, -0.05) is 6.42 Å². The fourth-order valence-electron chi connectivity index (χ4n) is 1.99. The van der Waals surface area contributed by atoms with Gasteiger partial charge in [-0.3, -0.25) is 0 Å². The predicted octanol–water partition coefficient (Wildman–Crippen LogP) is 1.37. The van der Waals surface area contributed by atoms with Crippen molar-refractivity contribution in [1.82, 2.24) is 0 Å². The maximum atomic E-state index is 5.67. The molecular weight excluding hydrogens is 166 g/mol. The smallest absolute Gasteiger partial charge is 0.146 e. The van der Waals surface area contributed by atoms with Crippen molar-refractivity contribution in [2.75, 3.05) is 26.6 Å². The lowest BCUT2D eigenvalue weighted by Gasteiger charge is -2.17. The van der Waals surface area contributed by atoms with Gasteiger partial charge in [0, 0.05) is 6.61 Å². The number of rotatable bonds is 6. The first-order valence-corrected chi connectivity index (χ1v) is 5.24. The molecule has 0 aromatic heterocycles. The van der Waals surface area contributed by atoms with Gasteiger partial charge in [0.15, 0.2) is 0 Å². The van der Waals surface area contributed by atoms with Crippen molar-refractivity contribution in [3.05, 3.63) is 0 Å². The zero-order valence-corrected chi connectivity index (χ0v) is 8.50. The zero-order chi connectivity index (χ0) is 9.52. The minimum Gasteiger partial charge on any atom is -0.356 e. The molecule has 0 saturated heterocycles. The standard InChI is InChI=1S/C10H21NO2/c1-2-12-8-13-7-10-5-3-4-9(10)6-11/h9-10H,2-8,11H2,1H3. The number of ether oxygens (including phenoxy) is 2. The maximum Gasteiger partial charge on any atom is 0.146 e. The molecule has 3 heteroatoms. The van der Waals surface area contributed by atoms with E-state index in [1.807, 2.05) is 6.92 Å². The SMILES string of the molecule is CCOCOCC1CCCC1CN. The van der Waals surface area contributed by atoms with Gasteiger partial charge < -0.3 is 15.2 Å². The monoisotopic (exact) mass is 187 g/mol. The molecule has 0 aromatic carbocycles. The van der Waals surface area contributed by atoms with Crippen LogP contribution in [-0.4, -0.2) is 26.6 Å². The predicted molar refractivity (Wildman–Crippen MR) is 52.3 cm³/mol. The average molecular weight is 187 g/mol. The Morgan fingerprint density at radius 2 is 2.00 bits per heavy atom. The molecule has 2 unspecified atom stereocenters. The highest BCUT2D eigenvalue weighted by atomic mass is 16.7. The molecule has 0 aromatic rings. The molecule has 0 aliphatic heterocycles. The Bertz CT molecular complexity index is 130. The van der Waals surface area contributed by atoms with Crippen molar-refractivity contribution in [2.24, 2.45) is 17.6 Å². The van der Waals surface area contributed by atoms with E-state index in [2.05, 4.69) is 0 Å².